The summed E-state index contributed by atoms with van der Waals surface area (Å²) in [6, 6.07) is 11.8. The summed E-state index contributed by atoms with van der Waals surface area (Å²) in [5.41, 5.74) is 6.54. The van der Waals surface area contributed by atoms with E-state index in [1.54, 1.807) is 13.1 Å². The number of nitrogens with zero attached hydrogens (tertiary/aromatic N) is 1. The van der Waals surface area contributed by atoms with Gasteiger partial charge in [0.1, 0.15) is 5.82 Å². The first kappa shape index (κ1) is 19.2. The van der Waals surface area contributed by atoms with Crippen LogP contribution >= 0.6 is 0 Å². The van der Waals surface area contributed by atoms with Crippen molar-refractivity contribution >= 4 is 17.3 Å². The van der Waals surface area contributed by atoms with Crippen molar-refractivity contribution in [3.05, 3.63) is 83.3 Å². The van der Waals surface area contributed by atoms with Crippen LogP contribution in [0.25, 0.3) is 5.70 Å². The molecule has 29 heavy (non-hydrogen) atoms. The van der Waals surface area contributed by atoms with Crippen LogP contribution in [0, 0.1) is 5.82 Å². The standard InChI is InChI=1S/C24H26FN3O/c1-15-22(12-13-23(29)27-15)28-14-20-17(6-4-8-19(20)16(28)2)10-11-18-7-5-9-21(26-3)24(18)25/h4-9,22,26H,1-2,10-14H2,3H3,(H,27,29). The van der Waals surface area contributed by atoms with E-state index in [1.165, 1.54) is 11.1 Å². The number of carbonyl (C=O) groups excluding carboxylic acids is 1. The lowest BCUT2D eigenvalue weighted by molar-refractivity contribution is -0.121. The van der Waals surface area contributed by atoms with Crippen LogP contribution in [0.2, 0.25) is 0 Å². The van der Waals surface area contributed by atoms with Gasteiger partial charge in [0, 0.05) is 37.0 Å². The second-order valence-electron chi connectivity index (χ2n) is 7.67. The Bertz CT molecular complexity index is 998. The largest absolute Gasteiger partial charge is 0.386 e. The van der Waals surface area contributed by atoms with E-state index in [-0.39, 0.29) is 17.8 Å². The average molecular weight is 391 g/mol. The lowest BCUT2D eigenvalue weighted by Gasteiger charge is -2.35. The molecule has 0 spiro atoms. The highest BCUT2D eigenvalue weighted by Gasteiger charge is 2.33. The number of hydrogen-bond acceptors (Lipinski definition) is 3. The number of rotatable bonds is 5. The van der Waals surface area contributed by atoms with E-state index in [9.17, 15) is 9.18 Å². The monoisotopic (exact) mass is 391 g/mol. The number of hydrogen-bond donors (Lipinski definition) is 2. The maximum absolute atomic E-state index is 14.6. The van der Waals surface area contributed by atoms with Gasteiger partial charge in [0.15, 0.2) is 0 Å². The third kappa shape index (κ3) is 3.53. The number of amides is 1. The number of halogens is 1. The third-order valence-corrected chi connectivity index (χ3v) is 5.99. The molecule has 2 heterocycles. The number of piperidine rings is 1. The SMILES string of the molecule is C=C1NC(=O)CCC1N1Cc2c(CCc3cccc(NC)c3F)cccc2C1=C. The molecule has 0 bridgehead atoms. The second-order valence-corrected chi connectivity index (χ2v) is 7.67. The summed E-state index contributed by atoms with van der Waals surface area (Å²) >= 11 is 0. The molecule has 4 rings (SSSR count). The van der Waals surface area contributed by atoms with Crippen molar-refractivity contribution in [2.75, 3.05) is 12.4 Å². The van der Waals surface area contributed by atoms with Gasteiger partial charge in [-0.2, -0.15) is 0 Å². The van der Waals surface area contributed by atoms with Crippen LogP contribution in [-0.2, 0) is 24.2 Å². The summed E-state index contributed by atoms with van der Waals surface area (Å²) in [6.07, 6.45) is 2.64. The molecule has 4 nitrogen and oxygen atoms in total. The summed E-state index contributed by atoms with van der Waals surface area (Å²) in [5, 5.41) is 5.77. The molecule has 150 valence electrons. The fourth-order valence-corrected chi connectivity index (χ4v) is 4.39. The van der Waals surface area contributed by atoms with Crippen molar-refractivity contribution in [2.24, 2.45) is 0 Å². The first-order chi connectivity index (χ1) is 14.0. The quantitative estimate of drug-likeness (QED) is 0.802. The predicted molar refractivity (Wildman–Crippen MR) is 115 cm³/mol. The van der Waals surface area contributed by atoms with E-state index in [0.29, 0.717) is 24.1 Å². The Kier molecular flexibility index (Phi) is 5.14. The first-order valence-electron chi connectivity index (χ1n) is 10.00. The van der Waals surface area contributed by atoms with Crippen LogP contribution in [0.5, 0.6) is 0 Å². The summed E-state index contributed by atoms with van der Waals surface area (Å²) in [6.45, 7) is 9.09. The molecule has 2 N–H and O–H groups in total. The van der Waals surface area contributed by atoms with Crippen molar-refractivity contribution < 1.29 is 9.18 Å². The summed E-state index contributed by atoms with van der Waals surface area (Å²) in [5.74, 6) is -0.150. The van der Waals surface area contributed by atoms with Crippen molar-refractivity contribution in [3.63, 3.8) is 0 Å². The Morgan fingerprint density at radius 2 is 1.90 bits per heavy atom. The Morgan fingerprint density at radius 1 is 1.17 bits per heavy atom. The van der Waals surface area contributed by atoms with Crippen LogP contribution in [0.3, 0.4) is 0 Å². The van der Waals surface area contributed by atoms with Gasteiger partial charge in [-0.05, 0) is 42.0 Å². The van der Waals surface area contributed by atoms with Gasteiger partial charge in [-0.1, -0.05) is 43.5 Å². The molecule has 1 unspecified atom stereocenters. The molecule has 2 aliphatic heterocycles. The number of anilines is 1. The molecule has 1 atom stereocenters. The Morgan fingerprint density at radius 3 is 2.66 bits per heavy atom. The van der Waals surface area contributed by atoms with Gasteiger partial charge >= 0.3 is 0 Å². The molecule has 0 aromatic heterocycles. The minimum atomic E-state index is -0.178. The summed E-state index contributed by atoms with van der Waals surface area (Å²) in [7, 11) is 1.73. The van der Waals surface area contributed by atoms with E-state index >= 15 is 0 Å². The maximum atomic E-state index is 14.6. The molecule has 1 amide bonds. The van der Waals surface area contributed by atoms with Gasteiger partial charge in [-0.15, -0.1) is 0 Å². The molecule has 2 aromatic carbocycles. The van der Waals surface area contributed by atoms with E-state index in [4.69, 9.17) is 0 Å². The Labute approximate surface area is 171 Å². The van der Waals surface area contributed by atoms with E-state index in [2.05, 4.69) is 40.8 Å². The fraction of sp³-hybridized carbons (Fsp3) is 0.292. The zero-order valence-corrected chi connectivity index (χ0v) is 16.7. The van der Waals surface area contributed by atoms with Crippen LogP contribution < -0.4 is 10.6 Å². The lowest BCUT2D eigenvalue weighted by atomic mass is 9.96. The molecular weight excluding hydrogens is 365 g/mol. The predicted octanol–water partition coefficient (Wildman–Crippen LogP) is 4.23. The minimum Gasteiger partial charge on any atom is -0.386 e. The van der Waals surface area contributed by atoms with Gasteiger partial charge < -0.3 is 15.5 Å². The van der Waals surface area contributed by atoms with Crippen molar-refractivity contribution in [1.29, 1.82) is 0 Å². The molecule has 0 aliphatic carbocycles. The second kappa shape index (κ2) is 7.74. The van der Waals surface area contributed by atoms with Crippen molar-refractivity contribution in [1.82, 2.24) is 10.2 Å². The Balaban J connectivity index is 1.54. The highest BCUT2D eigenvalue weighted by Crippen LogP contribution is 2.38. The van der Waals surface area contributed by atoms with Crippen LogP contribution in [0.1, 0.15) is 35.1 Å². The number of nitrogens with one attached hydrogen (secondary N) is 2. The number of benzene rings is 2. The highest BCUT2D eigenvalue weighted by atomic mass is 19.1. The van der Waals surface area contributed by atoms with Crippen LogP contribution in [0.15, 0.2) is 55.3 Å². The topological polar surface area (TPSA) is 44.4 Å². The smallest absolute Gasteiger partial charge is 0.224 e. The zero-order chi connectivity index (χ0) is 20.5. The third-order valence-electron chi connectivity index (χ3n) is 5.99. The number of carbonyl (C=O) groups is 1. The average Bonchev–Trinajstić information content (AvgIpc) is 3.04. The molecular formula is C24H26FN3O. The van der Waals surface area contributed by atoms with E-state index in [0.717, 1.165) is 36.3 Å². The maximum Gasteiger partial charge on any atom is 0.224 e. The van der Waals surface area contributed by atoms with Crippen molar-refractivity contribution in [3.8, 4) is 0 Å². The lowest BCUT2D eigenvalue weighted by Crippen LogP contribution is -2.43. The van der Waals surface area contributed by atoms with Crippen molar-refractivity contribution in [2.45, 2.75) is 38.3 Å². The summed E-state index contributed by atoms with van der Waals surface area (Å²) in [4.78, 5) is 13.9. The van der Waals surface area contributed by atoms with E-state index < -0.39 is 0 Å². The number of aryl methyl sites for hydroxylation is 2. The molecule has 2 aromatic rings. The highest BCUT2D eigenvalue weighted by molar-refractivity contribution is 5.80. The molecule has 5 heteroatoms. The zero-order valence-electron chi connectivity index (χ0n) is 16.7. The van der Waals surface area contributed by atoms with Gasteiger partial charge in [0.05, 0.1) is 11.7 Å². The molecule has 0 saturated carbocycles. The van der Waals surface area contributed by atoms with Gasteiger partial charge in [-0.3, -0.25) is 4.79 Å². The summed E-state index contributed by atoms with van der Waals surface area (Å²) < 4.78 is 14.6. The molecule has 1 fully saturated rings. The van der Waals surface area contributed by atoms with Gasteiger partial charge in [-0.25, -0.2) is 4.39 Å². The Hall–Kier alpha value is -3.08. The first-order valence-corrected chi connectivity index (χ1v) is 10.00. The van der Waals surface area contributed by atoms with Gasteiger partial charge in [0.25, 0.3) is 0 Å². The van der Waals surface area contributed by atoms with E-state index in [1.807, 2.05) is 18.2 Å². The van der Waals surface area contributed by atoms with Crippen LogP contribution in [-0.4, -0.2) is 23.9 Å². The molecule has 0 radical (unpaired) electrons. The fourth-order valence-electron chi connectivity index (χ4n) is 4.39. The molecule has 1 saturated heterocycles. The number of fused-ring (bicyclic) bond motifs is 1. The normalized spacial score (nSPS) is 18.6. The van der Waals surface area contributed by atoms with Crippen LogP contribution in [0.4, 0.5) is 10.1 Å². The molecule has 2 aliphatic rings. The minimum absolute atomic E-state index is 0.0279. The van der Waals surface area contributed by atoms with Gasteiger partial charge in [0.2, 0.25) is 5.91 Å².